The number of nitro benzene ring substituents is 1. The first-order valence-electron chi connectivity index (χ1n) is 6.40. The Morgan fingerprint density at radius 2 is 2.00 bits per heavy atom. The molecule has 9 nitrogen and oxygen atoms in total. The van der Waals surface area contributed by atoms with Gasteiger partial charge in [-0.2, -0.15) is 0 Å². The van der Waals surface area contributed by atoms with Gasteiger partial charge in [-0.15, -0.1) is 24.0 Å². The van der Waals surface area contributed by atoms with Crippen LogP contribution in [0.5, 0.6) is 0 Å². The van der Waals surface area contributed by atoms with Crippen LogP contribution in [0.25, 0.3) is 0 Å². The fraction of sp³-hybridized carbons (Fsp3) is 0.417. The van der Waals surface area contributed by atoms with Crippen molar-refractivity contribution in [1.82, 2.24) is 10.6 Å². The zero-order valence-electron chi connectivity index (χ0n) is 13.0. The Balaban J connectivity index is 0.00000484. The number of hydrogen-bond acceptors (Lipinski definition) is 6. The van der Waals surface area contributed by atoms with Crippen molar-refractivity contribution in [2.75, 3.05) is 38.8 Å². The summed E-state index contributed by atoms with van der Waals surface area (Å²) in [7, 11) is -0.142. The van der Waals surface area contributed by atoms with Gasteiger partial charge in [-0.05, 0) is 12.1 Å². The molecule has 0 bridgehead atoms. The molecule has 0 saturated carbocycles. The highest BCUT2D eigenvalue weighted by molar-refractivity contribution is 14.0. The van der Waals surface area contributed by atoms with Crippen LogP contribution in [0.4, 0.5) is 11.4 Å². The van der Waals surface area contributed by atoms with Gasteiger partial charge >= 0.3 is 0 Å². The summed E-state index contributed by atoms with van der Waals surface area (Å²) in [6.45, 7) is 0.887. The van der Waals surface area contributed by atoms with E-state index in [9.17, 15) is 18.5 Å². The Morgan fingerprint density at radius 1 is 1.35 bits per heavy atom. The molecule has 0 spiro atoms. The molecule has 23 heavy (non-hydrogen) atoms. The molecule has 0 heterocycles. The molecule has 1 aromatic rings. The average Bonchev–Trinajstić information content (AvgIpc) is 2.46. The lowest BCUT2D eigenvalue weighted by Crippen LogP contribution is -2.37. The fourth-order valence-corrected chi connectivity index (χ4v) is 2.34. The van der Waals surface area contributed by atoms with Crippen LogP contribution in [0.15, 0.2) is 28.1 Å². The van der Waals surface area contributed by atoms with E-state index < -0.39 is 14.8 Å². The largest absolute Gasteiger partial charge is 0.378 e. The zero-order valence-corrected chi connectivity index (χ0v) is 16.1. The number of rotatable bonds is 6. The lowest BCUT2D eigenvalue weighted by atomic mass is 10.2. The van der Waals surface area contributed by atoms with E-state index in [1.165, 1.54) is 12.1 Å². The van der Waals surface area contributed by atoms with Crippen LogP contribution < -0.4 is 16.0 Å². The number of halogens is 1. The summed E-state index contributed by atoms with van der Waals surface area (Å²) in [5, 5.41) is 19.8. The predicted molar refractivity (Wildman–Crippen MR) is 101 cm³/mol. The average molecular weight is 457 g/mol. The van der Waals surface area contributed by atoms with Crippen molar-refractivity contribution in [3.05, 3.63) is 28.3 Å². The topological polar surface area (TPSA) is 126 Å². The van der Waals surface area contributed by atoms with Gasteiger partial charge in [0, 0.05) is 39.5 Å². The van der Waals surface area contributed by atoms with Crippen LogP contribution >= 0.6 is 24.0 Å². The molecule has 0 aromatic heterocycles. The first-order chi connectivity index (χ1) is 10.3. The molecule has 3 N–H and O–H groups in total. The first kappa shape index (κ1) is 21.4. The summed E-state index contributed by atoms with van der Waals surface area (Å²) >= 11 is 0. The Bertz CT molecular complexity index is 678. The summed E-state index contributed by atoms with van der Waals surface area (Å²) < 4.78 is 22.9. The van der Waals surface area contributed by atoms with Gasteiger partial charge in [0.15, 0.2) is 15.8 Å². The number of benzene rings is 1. The highest BCUT2D eigenvalue weighted by Gasteiger charge is 2.18. The zero-order chi connectivity index (χ0) is 16.8. The summed E-state index contributed by atoms with van der Waals surface area (Å²) in [5.74, 6) is 0.601. The minimum atomic E-state index is -3.49. The van der Waals surface area contributed by atoms with Gasteiger partial charge < -0.3 is 16.0 Å². The third-order valence-electron chi connectivity index (χ3n) is 2.79. The highest BCUT2D eigenvalue weighted by Crippen LogP contribution is 2.27. The van der Waals surface area contributed by atoms with Crippen molar-refractivity contribution in [3.63, 3.8) is 0 Å². The van der Waals surface area contributed by atoms with Crippen LogP contribution in [0.1, 0.15) is 0 Å². The standard InChI is InChI=1S/C12H19N5O4S.HI/c1-13-12(14-2)16-7-6-15-10-5-4-9(22(3,20)21)8-11(10)17(18)19;/h4-5,8,15H,6-7H2,1-3H3,(H2,13,14,16);1H. The maximum Gasteiger partial charge on any atom is 0.293 e. The molecule has 1 rings (SSSR count). The van der Waals surface area contributed by atoms with Crippen LogP contribution in [0.3, 0.4) is 0 Å². The molecule has 0 saturated heterocycles. The third-order valence-corrected chi connectivity index (χ3v) is 3.90. The van der Waals surface area contributed by atoms with Crippen molar-refractivity contribution in [2.24, 2.45) is 4.99 Å². The van der Waals surface area contributed by atoms with Crippen LogP contribution in [0.2, 0.25) is 0 Å². The molecular formula is C12H20IN5O4S. The molecule has 130 valence electrons. The monoisotopic (exact) mass is 457 g/mol. The number of nitro groups is 1. The van der Waals surface area contributed by atoms with Gasteiger partial charge in [-0.1, -0.05) is 0 Å². The Hall–Kier alpha value is -1.63. The minimum absolute atomic E-state index is 0. The van der Waals surface area contributed by atoms with E-state index in [0.29, 0.717) is 19.0 Å². The van der Waals surface area contributed by atoms with Gasteiger partial charge in [0.05, 0.1) is 9.82 Å². The van der Waals surface area contributed by atoms with E-state index in [1.54, 1.807) is 14.1 Å². The van der Waals surface area contributed by atoms with Crippen molar-refractivity contribution < 1.29 is 13.3 Å². The minimum Gasteiger partial charge on any atom is -0.378 e. The second-order valence-electron chi connectivity index (χ2n) is 4.38. The van der Waals surface area contributed by atoms with Gasteiger partial charge in [0.25, 0.3) is 5.69 Å². The number of aliphatic imine (C=N–C) groups is 1. The molecule has 0 fully saturated rings. The van der Waals surface area contributed by atoms with Crippen molar-refractivity contribution in [2.45, 2.75) is 4.90 Å². The molecule has 0 unspecified atom stereocenters. The molecule has 11 heteroatoms. The van der Waals surface area contributed by atoms with E-state index in [-0.39, 0.29) is 40.2 Å². The molecular weight excluding hydrogens is 437 g/mol. The maximum atomic E-state index is 11.4. The highest BCUT2D eigenvalue weighted by atomic mass is 127. The van der Waals surface area contributed by atoms with Crippen molar-refractivity contribution >= 4 is 51.1 Å². The lowest BCUT2D eigenvalue weighted by molar-refractivity contribution is -0.384. The van der Waals surface area contributed by atoms with E-state index in [1.807, 2.05) is 0 Å². The number of nitrogens with zero attached hydrogens (tertiary/aromatic N) is 2. The third kappa shape index (κ3) is 6.56. The van der Waals surface area contributed by atoms with Gasteiger partial charge in [0.2, 0.25) is 0 Å². The van der Waals surface area contributed by atoms with E-state index in [4.69, 9.17) is 0 Å². The normalized spacial score (nSPS) is 11.3. The van der Waals surface area contributed by atoms with Crippen LogP contribution in [-0.2, 0) is 9.84 Å². The molecule has 1 aromatic carbocycles. The number of sulfone groups is 1. The van der Waals surface area contributed by atoms with Gasteiger partial charge in [-0.25, -0.2) is 8.42 Å². The number of guanidine groups is 1. The lowest BCUT2D eigenvalue weighted by Gasteiger charge is -2.11. The second-order valence-corrected chi connectivity index (χ2v) is 6.40. The predicted octanol–water partition coefficient (Wildman–Crippen LogP) is 0.823. The van der Waals surface area contributed by atoms with Crippen molar-refractivity contribution in [3.8, 4) is 0 Å². The van der Waals surface area contributed by atoms with E-state index in [0.717, 1.165) is 12.3 Å². The molecule has 0 atom stereocenters. The quantitative estimate of drug-likeness (QED) is 0.144. The first-order valence-corrected chi connectivity index (χ1v) is 8.29. The molecule has 0 radical (unpaired) electrons. The van der Waals surface area contributed by atoms with Crippen molar-refractivity contribution in [1.29, 1.82) is 0 Å². The van der Waals surface area contributed by atoms with Gasteiger partial charge in [0.1, 0.15) is 5.69 Å². The molecule has 0 aliphatic carbocycles. The van der Waals surface area contributed by atoms with Gasteiger partial charge in [-0.3, -0.25) is 15.1 Å². The molecule has 0 aliphatic heterocycles. The Kier molecular flexibility index (Phi) is 8.82. The fourth-order valence-electron chi connectivity index (χ4n) is 1.70. The number of hydrogen-bond donors (Lipinski definition) is 3. The van der Waals surface area contributed by atoms with Crippen LogP contribution in [0, 0.1) is 10.1 Å². The number of nitrogens with one attached hydrogen (secondary N) is 3. The molecule has 0 aliphatic rings. The number of anilines is 1. The summed E-state index contributed by atoms with van der Waals surface area (Å²) in [6, 6.07) is 3.78. The maximum absolute atomic E-state index is 11.4. The smallest absolute Gasteiger partial charge is 0.293 e. The summed E-state index contributed by atoms with van der Waals surface area (Å²) in [6.07, 6.45) is 1.01. The second kappa shape index (κ2) is 9.50. The SMILES string of the molecule is CN=C(NC)NCCNc1ccc(S(C)(=O)=O)cc1[N+](=O)[O-].I. The van der Waals surface area contributed by atoms with E-state index in [2.05, 4.69) is 20.9 Å². The van der Waals surface area contributed by atoms with E-state index >= 15 is 0 Å². The molecule has 0 amide bonds. The summed E-state index contributed by atoms with van der Waals surface area (Å²) in [4.78, 5) is 14.3. The Labute approximate surface area is 152 Å². The summed E-state index contributed by atoms with van der Waals surface area (Å²) in [5.41, 5.74) is -0.0143. The van der Waals surface area contributed by atoms with Crippen LogP contribution in [-0.4, -0.2) is 52.7 Å². The Morgan fingerprint density at radius 3 is 2.48 bits per heavy atom.